The molecule has 2 amide bonds. The van der Waals surface area contributed by atoms with E-state index >= 15 is 0 Å². The standard InChI is InChI=1S/C12H25N3O5S/c1-4-12(5-2,10(16)17)9-14-11(18)13-7-8-21(19,20)15-6-3/h15H,4-9H2,1-3H3,(H,16,17)(H2,13,14,18). The molecule has 0 rings (SSSR count). The number of aliphatic carboxylic acids is 1. The maximum Gasteiger partial charge on any atom is 0.314 e. The van der Waals surface area contributed by atoms with Crippen LogP contribution in [0.4, 0.5) is 4.79 Å². The topological polar surface area (TPSA) is 125 Å². The zero-order valence-corrected chi connectivity index (χ0v) is 13.5. The molecule has 0 fully saturated rings. The molecule has 0 aromatic carbocycles. The van der Waals surface area contributed by atoms with Gasteiger partial charge in [-0.2, -0.15) is 0 Å². The first kappa shape index (κ1) is 19.7. The van der Waals surface area contributed by atoms with E-state index in [1.54, 1.807) is 20.8 Å². The Morgan fingerprint density at radius 3 is 2.10 bits per heavy atom. The molecule has 0 aromatic rings. The third-order valence-electron chi connectivity index (χ3n) is 3.42. The summed E-state index contributed by atoms with van der Waals surface area (Å²) in [6.45, 7) is 5.42. The van der Waals surface area contributed by atoms with E-state index in [9.17, 15) is 23.1 Å². The molecular formula is C12H25N3O5S. The van der Waals surface area contributed by atoms with Crippen LogP contribution in [-0.2, 0) is 14.8 Å². The number of carbonyl (C=O) groups is 2. The lowest BCUT2D eigenvalue weighted by Gasteiger charge is -2.26. The van der Waals surface area contributed by atoms with Crippen molar-refractivity contribution in [3.8, 4) is 0 Å². The predicted octanol–water partition coefficient (Wildman–Crippen LogP) is 0.116. The molecule has 21 heavy (non-hydrogen) atoms. The smallest absolute Gasteiger partial charge is 0.314 e. The molecule has 0 spiro atoms. The fourth-order valence-corrected chi connectivity index (χ4v) is 2.74. The number of sulfonamides is 1. The van der Waals surface area contributed by atoms with E-state index in [-0.39, 0.29) is 18.8 Å². The Balaban J connectivity index is 4.25. The molecule has 0 aliphatic carbocycles. The van der Waals surface area contributed by atoms with Gasteiger partial charge in [0.05, 0.1) is 11.2 Å². The Kier molecular flexibility index (Phi) is 8.26. The summed E-state index contributed by atoms with van der Waals surface area (Å²) in [5.41, 5.74) is -0.993. The lowest BCUT2D eigenvalue weighted by Crippen LogP contribution is -2.46. The van der Waals surface area contributed by atoms with Crippen molar-refractivity contribution in [2.45, 2.75) is 33.6 Å². The number of carboxylic acids is 1. The van der Waals surface area contributed by atoms with E-state index in [1.807, 2.05) is 0 Å². The highest BCUT2D eigenvalue weighted by molar-refractivity contribution is 7.89. The van der Waals surface area contributed by atoms with E-state index in [2.05, 4.69) is 15.4 Å². The molecule has 0 saturated heterocycles. The van der Waals surface area contributed by atoms with Gasteiger partial charge in [0.2, 0.25) is 10.0 Å². The van der Waals surface area contributed by atoms with Gasteiger partial charge in [-0.1, -0.05) is 20.8 Å². The van der Waals surface area contributed by atoms with Crippen LogP contribution in [0.25, 0.3) is 0 Å². The van der Waals surface area contributed by atoms with Gasteiger partial charge >= 0.3 is 12.0 Å². The summed E-state index contributed by atoms with van der Waals surface area (Å²) >= 11 is 0. The molecule has 0 radical (unpaired) electrons. The van der Waals surface area contributed by atoms with Crippen molar-refractivity contribution in [3.05, 3.63) is 0 Å². The zero-order chi connectivity index (χ0) is 16.5. The monoisotopic (exact) mass is 323 g/mol. The molecule has 0 saturated carbocycles. The second kappa shape index (κ2) is 8.83. The van der Waals surface area contributed by atoms with E-state index in [4.69, 9.17) is 0 Å². The van der Waals surface area contributed by atoms with Crippen LogP contribution in [-0.4, -0.2) is 50.9 Å². The number of rotatable bonds is 10. The van der Waals surface area contributed by atoms with Crippen molar-refractivity contribution >= 4 is 22.0 Å². The summed E-state index contributed by atoms with van der Waals surface area (Å²) in [6.07, 6.45) is 0.793. The number of urea groups is 1. The van der Waals surface area contributed by atoms with Crippen LogP contribution >= 0.6 is 0 Å². The van der Waals surface area contributed by atoms with Gasteiger partial charge in [0.1, 0.15) is 0 Å². The summed E-state index contributed by atoms with van der Waals surface area (Å²) in [6, 6.07) is -0.575. The average Bonchev–Trinajstić information content (AvgIpc) is 2.39. The number of hydrogen-bond donors (Lipinski definition) is 4. The van der Waals surface area contributed by atoms with Crippen molar-refractivity contribution in [3.63, 3.8) is 0 Å². The van der Waals surface area contributed by atoms with E-state index in [0.29, 0.717) is 19.4 Å². The predicted molar refractivity (Wildman–Crippen MR) is 79.5 cm³/mol. The number of hydrogen-bond acceptors (Lipinski definition) is 4. The average molecular weight is 323 g/mol. The van der Waals surface area contributed by atoms with E-state index in [1.165, 1.54) is 0 Å². The van der Waals surface area contributed by atoms with Crippen LogP contribution in [0.5, 0.6) is 0 Å². The lowest BCUT2D eigenvalue weighted by molar-refractivity contribution is -0.149. The second-order valence-corrected chi connectivity index (χ2v) is 6.65. The van der Waals surface area contributed by atoms with Gasteiger partial charge in [-0.05, 0) is 12.8 Å². The Morgan fingerprint density at radius 1 is 1.10 bits per heavy atom. The molecule has 0 heterocycles. The summed E-state index contributed by atoms with van der Waals surface area (Å²) in [5, 5.41) is 14.1. The number of carboxylic acid groups (broad SMARTS) is 1. The van der Waals surface area contributed by atoms with Gasteiger partial charge in [-0.3, -0.25) is 4.79 Å². The van der Waals surface area contributed by atoms with Crippen molar-refractivity contribution in [1.29, 1.82) is 0 Å². The summed E-state index contributed by atoms with van der Waals surface area (Å²) in [5.74, 6) is -1.18. The fourth-order valence-electron chi connectivity index (χ4n) is 1.78. The maximum absolute atomic E-state index is 11.6. The van der Waals surface area contributed by atoms with Crippen LogP contribution in [0.2, 0.25) is 0 Å². The van der Waals surface area contributed by atoms with Gasteiger partial charge < -0.3 is 15.7 Å². The highest BCUT2D eigenvalue weighted by Crippen LogP contribution is 2.25. The second-order valence-electron chi connectivity index (χ2n) is 4.72. The third-order valence-corrected chi connectivity index (χ3v) is 4.89. The lowest BCUT2D eigenvalue weighted by atomic mass is 9.82. The van der Waals surface area contributed by atoms with Crippen molar-refractivity contribution < 1.29 is 23.1 Å². The van der Waals surface area contributed by atoms with Gasteiger partial charge in [0.15, 0.2) is 0 Å². The summed E-state index contributed by atoms with van der Waals surface area (Å²) in [7, 11) is -3.38. The third kappa shape index (κ3) is 6.76. The summed E-state index contributed by atoms with van der Waals surface area (Å²) < 4.78 is 25.0. The SMILES string of the molecule is CCNS(=O)(=O)CCNC(=O)NCC(CC)(CC)C(=O)O. The van der Waals surface area contributed by atoms with Crippen LogP contribution in [0, 0.1) is 5.41 Å². The van der Waals surface area contributed by atoms with Gasteiger partial charge in [0.25, 0.3) is 0 Å². The van der Waals surface area contributed by atoms with Crippen LogP contribution in [0.15, 0.2) is 0 Å². The molecule has 0 atom stereocenters. The molecule has 0 bridgehead atoms. The van der Waals surface area contributed by atoms with Crippen LogP contribution in [0.1, 0.15) is 33.6 Å². The first-order chi connectivity index (χ1) is 9.73. The molecular weight excluding hydrogens is 298 g/mol. The van der Waals surface area contributed by atoms with Crippen molar-refractivity contribution in [1.82, 2.24) is 15.4 Å². The van der Waals surface area contributed by atoms with Crippen molar-refractivity contribution in [2.75, 3.05) is 25.4 Å². The Labute approximate surface area is 125 Å². The molecule has 0 aliphatic heterocycles. The first-order valence-corrected chi connectivity index (χ1v) is 8.60. The fraction of sp³-hybridized carbons (Fsp3) is 0.833. The highest BCUT2D eigenvalue weighted by Gasteiger charge is 2.35. The molecule has 0 aliphatic rings. The highest BCUT2D eigenvalue weighted by atomic mass is 32.2. The minimum atomic E-state index is -3.38. The van der Waals surface area contributed by atoms with E-state index in [0.717, 1.165) is 0 Å². The molecule has 0 unspecified atom stereocenters. The first-order valence-electron chi connectivity index (χ1n) is 6.95. The van der Waals surface area contributed by atoms with Crippen LogP contribution in [0.3, 0.4) is 0 Å². The number of carbonyl (C=O) groups excluding carboxylic acids is 1. The summed E-state index contributed by atoms with van der Waals surface area (Å²) in [4.78, 5) is 22.8. The Bertz CT molecular complexity index is 446. The molecule has 9 heteroatoms. The number of nitrogens with one attached hydrogen (secondary N) is 3. The zero-order valence-electron chi connectivity index (χ0n) is 12.7. The van der Waals surface area contributed by atoms with Gasteiger partial charge in [-0.15, -0.1) is 0 Å². The molecule has 4 N–H and O–H groups in total. The van der Waals surface area contributed by atoms with E-state index < -0.39 is 27.4 Å². The van der Waals surface area contributed by atoms with Crippen molar-refractivity contribution in [2.24, 2.45) is 5.41 Å². The largest absolute Gasteiger partial charge is 0.481 e. The molecule has 8 nitrogen and oxygen atoms in total. The normalized spacial score (nSPS) is 12.0. The number of amides is 2. The Morgan fingerprint density at radius 2 is 1.67 bits per heavy atom. The van der Waals surface area contributed by atoms with Gasteiger partial charge in [-0.25, -0.2) is 17.9 Å². The minimum absolute atomic E-state index is 0.00112. The van der Waals surface area contributed by atoms with Gasteiger partial charge in [0, 0.05) is 19.6 Å². The minimum Gasteiger partial charge on any atom is -0.481 e. The quantitative estimate of drug-likeness (QED) is 0.454. The molecule has 0 aromatic heterocycles. The maximum atomic E-state index is 11.6. The molecule has 124 valence electrons. The van der Waals surface area contributed by atoms with Crippen LogP contribution < -0.4 is 15.4 Å². The Hall–Kier alpha value is -1.35.